The Kier molecular flexibility index (Phi) is 7.47. The molecule has 0 aliphatic carbocycles. The predicted octanol–water partition coefficient (Wildman–Crippen LogP) is 7.29. The van der Waals surface area contributed by atoms with E-state index in [0.29, 0.717) is 33.2 Å². The van der Waals surface area contributed by atoms with E-state index in [4.69, 9.17) is 0 Å². The van der Waals surface area contributed by atoms with E-state index < -0.39 is 20.4 Å². The van der Waals surface area contributed by atoms with Gasteiger partial charge in [0.2, 0.25) is 0 Å². The van der Waals surface area contributed by atoms with E-state index >= 15 is 4.57 Å². The molecule has 1 unspecified atom stereocenters. The fourth-order valence-electron chi connectivity index (χ4n) is 5.19. The van der Waals surface area contributed by atoms with Crippen molar-refractivity contribution in [2.75, 3.05) is 0 Å². The van der Waals surface area contributed by atoms with Crippen LogP contribution in [-0.2, 0) is 9.13 Å². The molecular weight excluding hydrogens is 558 g/mol. The monoisotopic (exact) mass is 587 g/mol. The van der Waals surface area contributed by atoms with Crippen LogP contribution >= 0.6 is 14.9 Å². The Morgan fingerprint density at radius 3 is 1.48 bits per heavy atom. The molecule has 7 heteroatoms. The largest absolute Gasteiger partial charge is 0.608 e. The Balaban J connectivity index is 1.89. The summed E-state index contributed by atoms with van der Waals surface area (Å²) in [5.74, 6) is 0. The fourth-order valence-corrected chi connectivity index (χ4v) is 9.73. The van der Waals surface area contributed by atoms with E-state index in [-0.39, 0.29) is 5.30 Å². The van der Waals surface area contributed by atoms with E-state index in [0.717, 1.165) is 11.1 Å². The van der Waals surface area contributed by atoms with Gasteiger partial charge in [-0.15, -0.1) is 4.33 Å². The highest BCUT2D eigenvalue weighted by atomic mass is 31.2. The molecule has 5 aromatic carbocycles. The fraction of sp³-hybridized carbons (Fsp3) is 0.0571. The standard InChI is InChI=1S/C35H29N2O3P2/c1-26-18-22-28(23-19-26)33-34(42(40,31-14-8-4-9-15-31)32-16-10-5-11-17-32)35(38)37(29-12-6-3-7-13-29)41(39)36(33)30-24-20-27(2)21-25-30/h3-25H,1-2H3/q+1. The van der Waals surface area contributed by atoms with Gasteiger partial charge < -0.3 is 4.57 Å². The normalized spacial score (nSPS) is 11.8. The number of para-hydroxylation sites is 1. The second-order valence-corrected chi connectivity index (χ2v) is 14.2. The van der Waals surface area contributed by atoms with Crippen LogP contribution in [0.5, 0.6) is 0 Å². The van der Waals surface area contributed by atoms with Gasteiger partial charge in [-0.05, 0) is 42.7 Å². The lowest BCUT2D eigenvalue weighted by molar-refractivity contribution is 0.585. The minimum Gasteiger partial charge on any atom is -0.308 e. The molecule has 0 amide bonds. The predicted molar refractivity (Wildman–Crippen MR) is 173 cm³/mol. The lowest BCUT2D eigenvalue weighted by Crippen LogP contribution is -2.41. The minimum absolute atomic E-state index is 0.114. The van der Waals surface area contributed by atoms with Crippen LogP contribution in [0.4, 0.5) is 0 Å². The first-order chi connectivity index (χ1) is 20.4. The zero-order chi connectivity index (χ0) is 29.3. The zero-order valence-corrected chi connectivity index (χ0v) is 25.1. The highest BCUT2D eigenvalue weighted by Gasteiger charge is 2.41. The van der Waals surface area contributed by atoms with Crippen LogP contribution in [-0.4, -0.2) is 8.66 Å². The van der Waals surface area contributed by atoms with Gasteiger partial charge in [-0.3, -0.25) is 4.79 Å². The van der Waals surface area contributed by atoms with Crippen molar-refractivity contribution >= 4 is 30.8 Å². The maximum Gasteiger partial charge on any atom is 0.608 e. The number of benzene rings is 5. The van der Waals surface area contributed by atoms with E-state index in [1.54, 1.807) is 52.9 Å². The Hall–Kier alpha value is -4.56. The van der Waals surface area contributed by atoms with Crippen molar-refractivity contribution in [3.63, 3.8) is 0 Å². The van der Waals surface area contributed by atoms with Crippen LogP contribution in [0.15, 0.2) is 144 Å². The molecule has 0 saturated heterocycles. The Morgan fingerprint density at radius 1 is 0.548 bits per heavy atom. The van der Waals surface area contributed by atoms with Crippen molar-refractivity contribution in [3.8, 4) is 22.6 Å². The van der Waals surface area contributed by atoms with Gasteiger partial charge in [0, 0.05) is 16.2 Å². The molecule has 1 heterocycles. The van der Waals surface area contributed by atoms with Gasteiger partial charge >= 0.3 is 13.3 Å². The van der Waals surface area contributed by atoms with Gasteiger partial charge in [0.05, 0.1) is 11.4 Å². The van der Waals surface area contributed by atoms with E-state index in [1.165, 1.54) is 4.33 Å². The molecule has 5 nitrogen and oxygen atoms in total. The average Bonchev–Trinajstić information content (AvgIpc) is 3.03. The second-order valence-electron chi connectivity index (χ2n) is 10.2. The molecule has 0 aliphatic heterocycles. The molecule has 0 N–H and O–H groups in total. The Labute approximate surface area is 245 Å². The molecular formula is C35H29N2O3P2+. The average molecular weight is 588 g/mol. The van der Waals surface area contributed by atoms with Crippen LogP contribution in [0.1, 0.15) is 11.1 Å². The maximum atomic E-state index is 15.9. The van der Waals surface area contributed by atoms with Gasteiger partial charge in [0.25, 0.3) is 0 Å². The maximum absolute atomic E-state index is 15.9. The summed E-state index contributed by atoms with van der Waals surface area (Å²) in [6.07, 6.45) is 0. The summed E-state index contributed by atoms with van der Waals surface area (Å²) in [5.41, 5.74) is 3.68. The molecule has 0 spiro atoms. The highest BCUT2D eigenvalue weighted by molar-refractivity contribution is 7.85. The Bertz CT molecular complexity index is 1990. The number of hydrogen-bond acceptors (Lipinski definition) is 3. The molecule has 0 bridgehead atoms. The lowest BCUT2D eigenvalue weighted by Gasteiger charge is -2.23. The summed E-state index contributed by atoms with van der Waals surface area (Å²) in [7, 11) is -6.34. The molecule has 0 radical (unpaired) electrons. The smallest absolute Gasteiger partial charge is 0.308 e. The van der Waals surface area contributed by atoms with Gasteiger partial charge in [0.1, 0.15) is 11.0 Å². The number of nitrogens with zero attached hydrogens (tertiary/aromatic N) is 2. The molecule has 42 heavy (non-hydrogen) atoms. The van der Waals surface area contributed by atoms with Crippen LogP contribution in [0.25, 0.3) is 22.6 Å². The molecule has 0 aliphatic rings. The van der Waals surface area contributed by atoms with Gasteiger partial charge in [-0.2, -0.15) is 0 Å². The number of hydrogen-bond donors (Lipinski definition) is 0. The van der Waals surface area contributed by atoms with Crippen molar-refractivity contribution in [2.45, 2.75) is 13.8 Å². The highest BCUT2D eigenvalue weighted by Crippen LogP contribution is 2.45. The molecule has 0 fully saturated rings. The third kappa shape index (κ3) is 4.81. The van der Waals surface area contributed by atoms with Crippen LogP contribution in [0.3, 0.4) is 0 Å². The summed E-state index contributed by atoms with van der Waals surface area (Å²) in [6.45, 7) is 3.97. The summed E-state index contributed by atoms with van der Waals surface area (Å²) >= 11 is 0. The van der Waals surface area contributed by atoms with Gasteiger partial charge in [0.15, 0.2) is 7.14 Å². The summed E-state index contributed by atoms with van der Waals surface area (Å²) < 4.78 is 33.6. The first-order valence-electron chi connectivity index (χ1n) is 13.7. The lowest BCUT2D eigenvalue weighted by atomic mass is 10.1. The summed E-state index contributed by atoms with van der Waals surface area (Å²) in [5, 5.41) is 1.17. The number of aryl methyl sites for hydroxylation is 2. The van der Waals surface area contributed by atoms with Crippen molar-refractivity contribution in [2.24, 2.45) is 0 Å². The van der Waals surface area contributed by atoms with Crippen LogP contribution in [0.2, 0.25) is 0 Å². The van der Waals surface area contributed by atoms with Gasteiger partial charge in [-0.1, -0.05) is 131 Å². The van der Waals surface area contributed by atoms with Crippen molar-refractivity contribution < 1.29 is 9.13 Å². The van der Waals surface area contributed by atoms with E-state index in [1.807, 2.05) is 105 Å². The molecule has 1 atom stereocenters. The van der Waals surface area contributed by atoms with Crippen molar-refractivity contribution in [1.82, 2.24) is 8.66 Å². The van der Waals surface area contributed by atoms with Crippen molar-refractivity contribution in [1.29, 1.82) is 0 Å². The summed E-state index contributed by atoms with van der Waals surface area (Å²) in [6, 6.07) is 42.6. The van der Waals surface area contributed by atoms with Crippen molar-refractivity contribution in [3.05, 3.63) is 161 Å². The van der Waals surface area contributed by atoms with E-state index in [2.05, 4.69) is 0 Å². The number of aromatic nitrogens is 2. The number of rotatable bonds is 6. The van der Waals surface area contributed by atoms with Crippen LogP contribution < -0.4 is 21.5 Å². The van der Waals surface area contributed by atoms with Gasteiger partial charge in [-0.25, -0.2) is 0 Å². The van der Waals surface area contributed by atoms with Crippen LogP contribution in [0, 0.1) is 13.8 Å². The first kappa shape index (κ1) is 27.6. The molecule has 6 rings (SSSR count). The first-order valence-corrected chi connectivity index (χ1v) is 16.5. The topological polar surface area (TPSA) is 61.1 Å². The third-order valence-electron chi connectivity index (χ3n) is 7.33. The molecule has 1 aromatic heterocycles. The van der Waals surface area contributed by atoms with E-state index in [9.17, 15) is 9.36 Å². The third-order valence-corrected chi connectivity index (χ3v) is 11.9. The minimum atomic E-state index is -3.82. The Morgan fingerprint density at radius 2 is 0.976 bits per heavy atom. The molecule has 6 aromatic rings. The summed E-state index contributed by atoms with van der Waals surface area (Å²) in [4.78, 5) is 14.9. The SMILES string of the molecule is Cc1ccc(-c2c(P(=O)(c3ccccc3)c3ccccc3)c(=O)n(-c3ccccc3)[p+](=O)n2-c2ccc(C)cc2)cc1. The molecule has 0 saturated carbocycles. The quantitative estimate of drug-likeness (QED) is 0.192. The zero-order valence-electron chi connectivity index (χ0n) is 23.3. The second kappa shape index (κ2) is 11.4. The molecule has 206 valence electrons.